The molecule has 1 unspecified atom stereocenters. The molecule has 1 aromatic carbocycles. The van der Waals surface area contributed by atoms with Gasteiger partial charge in [0.05, 0.1) is 24.5 Å². The van der Waals surface area contributed by atoms with Crippen LogP contribution in [0.1, 0.15) is 76.2 Å². The number of hydrogen-bond acceptors (Lipinski definition) is 5. The number of nitrogens with one attached hydrogen (secondary N) is 1. The first-order valence-electron chi connectivity index (χ1n) is 11.5. The van der Waals surface area contributed by atoms with Crippen molar-refractivity contribution in [3.05, 3.63) is 29.8 Å². The van der Waals surface area contributed by atoms with E-state index in [0.29, 0.717) is 12.7 Å². The standard InChI is InChI=1S/C24H33NO4/c1-2-4-8-20(7-3-1)28-23-15-18(11-12-22(23)27-19-9-5-6-10-19)21-16-24(29-25-21)13-14-26-17-24/h11-12,15-16,19-20,25H,1-10,13-14,17H2. The molecule has 2 aliphatic carbocycles. The van der Waals surface area contributed by atoms with E-state index in [1.807, 2.05) is 0 Å². The third-order valence-electron chi connectivity index (χ3n) is 6.73. The van der Waals surface area contributed by atoms with E-state index < -0.39 is 0 Å². The van der Waals surface area contributed by atoms with Gasteiger partial charge in [0.15, 0.2) is 11.5 Å². The summed E-state index contributed by atoms with van der Waals surface area (Å²) in [6, 6.07) is 6.33. The Balaban J connectivity index is 1.39. The number of hydroxylamine groups is 1. The zero-order chi connectivity index (χ0) is 19.5. The highest BCUT2D eigenvalue weighted by Gasteiger charge is 2.39. The molecule has 4 aliphatic rings. The quantitative estimate of drug-likeness (QED) is 0.695. The molecule has 3 fully saturated rings. The molecule has 5 nitrogen and oxygen atoms in total. The van der Waals surface area contributed by atoms with Gasteiger partial charge in [-0.05, 0) is 75.6 Å². The Hall–Kier alpha value is -1.72. The molecular weight excluding hydrogens is 366 g/mol. The SMILES string of the molecule is C1=C(c2ccc(OC3CCCC3)c(OC3CCCCCC3)c2)NOC12CCOC2. The van der Waals surface area contributed by atoms with E-state index in [9.17, 15) is 0 Å². The van der Waals surface area contributed by atoms with E-state index >= 15 is 0 Å². The maximum Gasteiger partial charge on any atom is 0.162 e. The van der Waals surface area contributed by atoms with Crippen LogP contribution in [0.4, 0.5) is 0 Å². The first-order valence-corrected chi connectivity index (χ1v) is 11.5. The molecule has 1 atom stereocenters. The number of ether oxygens (including phenoxy) is 3. The van der Waals surface area contributed by atoms with E-state index in [2.05, 4.69) is 29.8 Å². The third kappa shape index (κ3) is 4.41. The lowest BCUT2D eigenvalue weighted by molar-refractivity contribution is -0.0373. The normalized spacial score (nSPS) is 28.3. The van der Waals surface area contributed by atoms with Crippen LogP contribution >= 0.6 is 0 Å². The lowest BCUT2D eigenvalue weighted by Crippen LogP contribution is -2.29. The Bertz CT molecular complexity index is 726. The zero-order valence-corrected chi connectivity index (χ0v) is 17.3. The Morgan fingerprint density at radius 3 is 2.24 bits per heavy atom. The van der Waals surface area contributed by atoms with Gasteiger partial charge in [0.2, 0.25) is 0 Å². The fourth-order valence-corrected chi connectivity index (χ4v) is 4.97. The second-order valence-electron chi connectivity index (χ2n) is 9.05. The lowest BCUT2D eigenvalue weighted by Gasteiger charge is -2.22. The molecule has 1 saturated heterocycles. The Morgan fingerprint density at radius 2 is 1.55 bits per heavy atom. The monoisotopic (exact) mass is 399 g/mol. The minimum atomic E-state index is -0.323. The zero-order valence-electron chi connectivity index (χ0n) is 17.3. The smallest absolute Gasteiger partial charge is 0.162 e. The van der Waals surface area contributed by atoms with Gasteiger partial charge in [-0.2, -0.15) is 0 Å². The first kappa shape index (κ1) is 19.3. The molecule has 0 amide bonds. The van der Waals surface area contributed by atoms with Crippen molar-refractivity contribution in [2.75, 3.05) is 13.2 Å². The van der Waals surface area contributed by atoms with Crippen LogP contribution in [-0.4, -0.2) is 31.0 Å². The minimum absolute atomic E-state index is 0.287. The van der Waals surface area contributed by atoms with Crippen LogP contribution in [0.2, 0.25) is 0 Å². The summed E-state index contributed by atoms with van der Waals surface area (Å²) in [6.45, 7) is 1.35. The van der Waals surface area contributed by atoms with Gasteiger partial charge in [0.1, 0.15) is 5.60 Å². The molecule has 0 aromatic heterocycles. The van der Waals surface area contributed by atoms with Crippen LogP contribution in [0, 0.1) is 0 Å². The molecule has 2 saturated carbocycles. The predicted octanol–water partition coefficient (Wildman–Crippen LogP) is 5.14. The van der Waals surface area contributed by atoms with Gasteiger partial charge >= 0.3 is 0 Å². The molecule has 0 radical (unpaired) electrons. The van der Waals surface area contributed by atoms with Gasteiger partial charge in [-0.15, -0.1) is 0 Å². The highest BCUT2D eigenvalue weighted by Crippen LogP contribution is 2.38. The fourth-order valence-electron chi connectivity index (χ4n) is 4.97. The predicted molar refractivity (Wildman–Crippen MR) is 112 cm³/mol. The first-order chi connectivity index (χ1) is 14.3. The summed E-state index contributed by atoms with van der Waals surface area (Å²) in [4.78, 5) is 5.87. The summed E-state index contributed by atoms with van der Waals surface area (Å²) >= 11 is 0. The van der Waals surface area contributed by atoms with E-state index in [-0.39, 0.29) is 11.7 Å². The van der Waals surface area contributed by atoms with Crippen LogP contribution in [-0.2, 0) is 9.57 Å². The summed E-state index contributed by atoms with van der Waals surface area (Å²) in [5, 5.41) is 0. The maximum atomic E-state index is 6.55. The molecule has 2 aliphatic heterocycles. The minimum Gasteiger partial charge on any atom is -0.487 e. The van der Waals surface area contributed by atoms with Crippen LogP contribution in [0.15, 0.2) is 24.3 Å². The van der Waals surface area contributed by atoms with Gasteiger partial charge in [-0.25, -0.2) is 0 Å². The van der Waals surface area contributed by atoms with Gasteiger partial charge in [0.25, 0.3) is 0 Å². The average Bonchev–Trinajstić information content (AvgIpc) is 3.46. The molecule has 0 bridgehead atoms. The lowest BCUT2D eigenvalue weighted by atomic mass is 10.0. The number of rotatable bonds is 5. The van der Waals surface area contributed by atoms with E-state index in [1.165, 1.54) is 38.5 Å². The van der Waals surface area contributed by atoms with E-state index in [4.69, 9.17) is 19.0 Å². The molecule has 1 N–H and O–H groups in total. The van der Waals surface area contributed by atoms with Crippen molar-refractivity contribution < 1.29 is 19.0 Å². The van der Waals surface area contributed by atoms with E-state index in [1.54, 1.807) is 0 Å². The summed E-state index contributed by atoms with van der Waals surface area (Å²) in [5.74, 6) is 1.77. The number of benzene rings is 1. The van der Waals surface area contributed by atoms with Gasteiger partial charge in [-0.3, -0.25) is 10.3 Å². The summed E-state index contributed by atoms with van der Waals surface area (Å²) in [7, 11) is 0. The van der Waals surface area contributed by atoms with Crippen LogP contribution in [0.3, 0.4) is 0 Å². The van der Waals surface area contributed by atoms with Crippen molar-refractivity contribution >= 4 is 5.70 Å². The molecule has 5 rings (SSSR count). The van der Waals surface area contributed by atoms with E-state index in [0.717, 1.165) is 61.5 Å². The maximum absolute atomic E-state index is 6.55. The topological polar surface area (TPSA) is 49.0 Å². The van der Waals surface area contributed by atoms with Crippen molar-refractivity contribution in [3.8, 4) is 11.5 Å². The molecule has 2 heterocycles. The Kier molecular flexibility index (Phi) is 5.69. The second kappa shape index (κ2) is 8.57. The van der Waals surface area contributed by atoms with Crippen LogP contribution in [0.25, 0.3) is 5.70 Å². The second-order valence-corrected chi connectivity index (χ2v) is 9.05. The van der Waals surface area contributed by atoms with Gasteiger partial charge in [-0.1, -0.05) is 12.8 Å². The molecule has 158 valence electrons. The summed E-state index contributed by atoms with van der Waals surface area (Å²) in [6.07, 6.45) is 15.9. The third-order valence-corrected chi connectivity index (χ3v) is 6.73. The van der Waals surface area contributed by atoms with Crippen molar-refractivity contribution in [2.45, 2.75) is 88.4 Å². The van der Waals surface area contributed by atoms with Crippen molar-refractivity contribution in [3.63, 3.8) is 0 Å². The Morgan fingerprint density at radius 1 is 0.862 bits per heavy atom. The largest absolute Gasteiger partial charge is 0.487 e. The summed E-state index contributed by atoms with van der Waals surface area (Å²) < 4.78 is 18.5. The summed E-state index contributed by atoms with van der Waals surface area (Å²) in [5.41, 5.74) is 4.87. The average molecular weight is 400 g/mol. The van der Waals surface area contributed by atoms with Gasteiger partial charge in [0, 0.05) is 18.6 Å². The molecule has 5 heteroatoms. The van der Waals surface area contributed by atoms with Gasteiger partial charge < -0.3 is 14.2 Å². The van der Waals surface area contributed by atoms with Crippen molar-refractivity contribution in [1.29, 1.82) is 0 Å². The highest BCUT2D eigenvalue weighted by atomic mass is 16.7. The molecule has 1 aromatic rings. The van der Waals surface area contributed by atoms with Crippen LogP contribution < -0.4 is 15.0 Å². The molecule has 29 heavy (non-hydrogen) atoms. The fraction of sp³-hybridized carbons (Fsp3) is 0.667. The Labute approximate surface area is 173 Å². The molecular formula is C24H33NO4. The number of hydrogen-bond donors (Lipinski definition) is 1. The highest BCUT2D eigenvalue weighted by molar-refractivity contribution is 5.68. The van der Waals surface area contributed by atoms with Crippen LogP contribution in [0.5, 0.6) is 11.5 Å². The van der Waals surface area contributed by atoms with Crippen molar-refractivity contribution in [2.24, 2.45) is 0 Å². The van der Waals surface area contributed by atoms with Crippen molar-refractivity contribution in [1.82, 2.24) is 5.48 Å². The molecule has 1 spiro atoms.